The van der Waals surface area contributed by atoms with Crippen LogP contribution in [0.15, 0.2) is 36.4 Å². The van der Waals surface area contributed by atoms with Crippen molar-refractivity contribution in [3.05, 3.63) is 52.9 Å². The number of carbonyl (C=O) groups is 1. The highest BCUT2D eigenvalue weighted by Crippen LogP contribution is 2.21. The molecule has 1 amide bonds. The molecule has 0 aliphatic carbocycles. The number of halogens is 2. The Bertz CT molecular complexity index is 613. The Morgan fingerprint density at radius 2 is 2.05 bits per heavy atom. The van der Waals surface area contributed by atoms with Crippen molar-refractivity contribution in [1.82, 2.24) is 4.98 Å². The third kappa shape index (κ3) is 2.82. The molecular formula is C13H11ClFN3O. The van der Waals surface area contributed by atoms with Crippen LogP contribution < -0.4 is 10.6 Å². The molecule has 0 aliphatic rings. The molecule has 0 unspecified atom stereocenters. The molecule has 0 saturated heterocycles. The smallest absolute Gasteiger partial charge is 0.258 e. The largest absolute Gasteiger partial charge is 0.384 e. The van der Waals surface area contributed by atoms with Gasteiger partial charge in [-0.3, -0.25) is 4.79 Å². The fraction of sp³-hybridized carbons (Fsp3) is 0.0769. The lowest BCUT2D eigenvalue weighted by Crippen LogP contribution is -2.27. The number of amides is 1. The van der Waals surface area contributed by atoms with E-state index in [4.69, 9.17) is 17.3 Å². The lowest BCUT2D eigenvalue weighted by atomic mass is 10.2. The minimum Gasteiger partial charge on any atom is -0.384 e. The molecule has 1 aromatic carbocycles. The van der Waals surface area contributed by atoms with Gasteiger partial charge in [0, 0.05) is 12.6 Å². The topological polar surface area (TPSA) is 59.2 Å². The molecule has 0 atom stereocenters. The Balaban J connectivity index is 2.36. The summed E-state index contributed by atoms with van der Waals surface area (Å²) in [6.45, 7) is 0. The van der Waals surface area contributed by atoms with Crippen LogP contribution in [0.5, 0.6) is 0 Å². The molecule has 6 heteroatoms. The second-order valence-corrected chi connectivity index (χ2v) is 4.31. The van der Waals surface area contributed by atoms with Gasteiger partial charge in [0.25, 0.3) is 5.91 Å². The van der Waals surface area contributed by atoms with Crippen molar-refractivity contribution in [2.24, 2.45) is 0 Å². The first-order chi connectivity index (χ1) is 8.99. The zero-order valence-electron chi connectivity index (χ0n) is 10.1. The molecule has 2 rings (SSSR count). The summed E-state index contributed by atoms with van der Waals surface area (Å²) in [6, 6.07) is 8.78. The number of hydrogen-bond acceptors (Lipinski definition) is 3. The highest BCUT2D eigenvalue weighted by Gasteiger charge is 2.17. The molecule has 0 saturated carbocycles. The van der Waals surface area contributed by atoms with Crippen molar-refractivity contribution in [3.63, 3.8) is 0 Å². The Kier molecular flexibility index (Phi) is 3.66. The molecule has 0 fully saturated rings. The second-order valence-electron chi connectivity index (χ2n) is 3.92. The summed E-state index contributed by atoms with van der Waals surface area (Å²) >= 11 is 5.74. The van der Waals surface area contributed by atoms with Crippen LogP contribution in [-0.2, 0) is 0 Å². The number of rotatable bonds is 2. The third-order valence-corrected chi connectivity index (χ3v) is 2.77. The van der Waals surface area contributed by atoms with Crippen molar-refractivity contribution in [2.45, 2.75) is 0 Å². The Morgan fingerprint density at radius 1 is 1.37 bits per heavy atom. The molecule has 0 radical (unpaired) electrons. The van der Waals surface area contributed by atoms with E-state index >= 15 is 0 Å². The van der Waals surface area contributed by atoms with E-state index in [9.17, 15) is 9.18 Å². The Labute approximate surface area is 114 Å². The first-order valence-corrected chi connectivity index (χ1v) is 5.82. The maximum Gasteiger partial charge on any atom is 0.258 e. The molecule has 1 aromatic heterocycles. The van der Waals surface area contributed by atoms with Gasteiger partial charge >= 0.3 is 0 Å². The van der Waals surface area contributed by atoms with E-state index in [1.54, 1.807) is 12.1 Å². The van der Waals surface area contributed by atoms with Crippen LogP contribution in [0.4, 0.5) is 15.9 Å². The molecule has 1 heterocycles. The van der Waals surface area contributed by atoms with Gasteiger partial charge in [0.05, 0.1) is 5.69 Å². The molecule has 0 bridgehead atoms. The molecule has 19 heavy (non-hydrogen) atoms. The summed E-state index contributed by atoms with van der Waals surface area (Å²) in [5.74, 6) is -0.759. The van der Waals surface area contributed by atoms with E-state index in [0.717, 1.165) is 0 Å². The van der Waals surface area contributed by atoms with Crippen molar-refractivity contribution in [2.75, 3.05) is 17.7 Å². The van der Waals surface area contributed by atoms with E-state index in [2.05, 4.69) is 4.98 Å². The van der Waals surface area contributed by atoms with Gasteiger partial charge in [0.15, 0.2) is 0 Å². The zero-order chi connectivity index (χ0) is 14.0. The van der Waals surface area contributed by atoms with Crippen LogP contribution >= 0.6 is 11.6 Å². The number of carbonyl (C=O) groups excluding carboxylic acids is 1. The van der Waals surface area contributed by atoms with Crippen molar-refractivity contribution >= 4 is 29.0 Å². The second kappa shape index (κ2) is 5.24. The summed E-state index contributed by atoms with van der Waals surface area (Å²) < 4.78 is 13.6. The maximum atomic E-state index is 13.6. The number of pyridine rings is 1. The molecule has 98 valence electrons. The van der Waals surface area contributed by atoms with Crippen molar-refractivity contribution < 1.29 is 9.18 Å². The number of para-hydroxylation sites is 1. The third-order valence-electron chi connectivity index (χ3n) is 2.58. The van der Waals surface area contributed by atoms with Crippen LogP contribution in [0.2, 0.25) is 5.15 Å². The predicted octanol–water partition coefficient (Wildman–Crippen LogP) is 2.73. The highest BCUT2D eigenvalue weighted by atomic mass is 35.5. The quantitative estimate of drug-likeness (QED) is 0.860. The first kappa shape index (κ1) is 13.3. The predicted molar refractivity (Wildman–Crippen MR) is 72.8 cm³/mol. The molecule has 2 N–H and O–H groups in total. The normalized spacial score (nSPS) is 10.3. The van der Waals surface area contributed by atoms with Crippen LogP contribution in [0, 0.1) is 5.82 Å². The highest BCUT2D eigenvalue weighted by molar-refractivity contribution is 6.30. The van der Waals surface area contributed by atoms with Gasteiger partial charge in [-0.1, -0.05) is 23.7 Å². The van der Waals surface area contributed by atoms with Crippen molar-refractivity contribution in [3.8, 4) is 0 Å². The summed E-state index contributed by atoms with van der Waals surface area (Å²) in [6.07, 6.45) is 0. The molecule has 4 nitrogen and oxygen atoms in total. The summed E-state index contributed by atoms with van der Waals surface area (Å²) in [5, 5.41) is 0.116. The summed E-state index contributed by atoms with van der Waals surface area (Å²) in [7, 11) is 1.48. The minimum atomic E-state index is -0.480. The van der Waals surface area contributed by atoms with Gasteiger partial charge in [0.1, 0.15) is 16.8 Å². The van der Waals surface area contributed by atoms with E-state index in [1.165, 1.54) is 36.2 Å². The van der Waals surface area contributed by atoms with Gasteiger partial charge in [-0.05, 0) is 24.3 Å². The number of nitrogen functional groups attached to an aromatic ring is 1. The Hall–Kier alpha value is -2.14. The molecule has 0 spiro atoms. The van der Waals surface area contributed by atoms with E-state index in [0.29, 0.717) is 0 Å². The minimum absolute atomic E-state index is 0.116. The summed E-state index contributed by atoms with van der Waals surface area (Å²) in [5.41, 5.74) is 5.96. The maximum absolute atomic E-state index is 13.6. The van der Waals surface area contributed by atoms with Gasteiger partial charge in [-0.15, -0.1) is 0 Å². The lowest BCUT2D eigenvalue weighted by Gasteiger charge is -2.18. The number of benzene rings is 1. The fourth-order valence-electron chi connectivity index (χ4n) is 1.67. The summed E-state index contributed by atoms with van der Waals surface area (Å²) in [4.78, 5) is 17.2. The molecule has 2 aromatic rings. The number of anilines is 2. The van der Waals surface area contributed by atoms with Gasteiger partial charge in [0.2, 0.25) is 0 Å². The van der Waals surface area contributed by atoms with E-state index in [-0.39, 0.29) is 22.2 Å². The average molecular weight is 280 g/mol. The van der Waals surface area contributed by atoms with Crippen LogP contribution in [0.1, 0.15) is 10.4 Å². The average Bonchev–Trinajstić information content (AvgIpc) is 2.36. The number of nitrogens with zero attached hydrogens (tertiary/aromatic N) is 2. The number of nitrogens with two attached hydrogens (primary N) is 1. The number of aromatic nitrogens is 1. The zero-order valence-corrected chi connectivity index (χ0v) is 10.9. The van der Waals surface area contributed by atoms with E-state index < -0.39 is 11.7 Å². The van der Waals surface area contributed by atoms with Crippen LogP contribution in [-0.4, -0.2) is 17.9 Å². The van der Waals surface area contributed by atoms with E-state index in [1.807, 2.05) is 0 Å². The number of hydrogen-bond donors (Lipinski definition) is 1. The standard InChI is InChI=1S/C13H11ClFN3O/c1-18(10-5-3-2-4-9(10)15)13(19)8-6-11(14)17-12(16)7-8/h2-7H,1H3,(H2,16,17). The van der Waals surface area contributed by atoms with Gasteiger partial charge < -0.3 is 10.6 Å². The molecular weight excluding hydrogens is 269 g/mol. The van der Waals surface area contributed by atoms with Gasteiger partial charge in [-0.2, -0.15) is 0 Å². The van der Waals surface area contributed by atoms with Crippen LogP contribution in [0.3, 0.4) is 0 Å². The monoisotopic (exact) mass is 279 g/mol. The Morgan fingerprint density at radius 3 is 2.68 bits per heavy atom. The first-order valence-electron chi connectivity index (χ1n) is 5.44. The van der Waals surface area contributed by atoms with Crippen molar-refractivity contribution in [1.29, 1.82) is 0 Å². The molecule has 0 aliphatic heterocycles. The fourth-order valence-corrected chi connectivity index (χ4v) is 1.88. The van der Waals surface area contributed by atoms with Crippen LogP contribution in [0.25, 0.3) is 0 Å². The van der Waals surface area contributed by atoms with Gasteiger partial charge in [-0.25, -0.2) is 9.37 Å². The lowest BCUT2D eigenvalue weighted by molar-refractivity contribution is 0.0992. The SMILES string of the molecule is CN(C(=O)c1cc(N)nc(Cl)c1)c1ccccc1F.